The lowest BCUT2D eigenvalue weighted by atomic mass is 10.1. The molecule has 0 amide bonds. The smallest absolute Gasteiger partial charge is 0.143 e. The molecule has 0 aliphatic rings. The average molecular weight is 183 g/mol. The van der Waals surface area contributed by atoms with E-state index in [1.807, 2.05) is 0 Å². The van der Waals surface area contributed by atoms with Crippen LogP contribution in [-0.4, -0.2) is 10.2 Å². The maximum Gasteiger partial charge on any atom is 0.178 e. The van der Waals surface area contributed by atoms with Crippen LogP contribution in [0.4, 0.5) is 0 Å². The van der Waals surface area contributed by atoms with Crippen molar-refractivity contribution in [3.63, 3.8) is 0 Å². The molecule has 0 saturated carbocycles. The highest BCUT2D eigenvalue weighted by atomic mass is 32.1. The fraction of sp³-hybridized carbons (Fsp3) is 0.778. The Kier molecular flexibility index (Phi) is 4.92. The topological polar surface area (TPSA) is 25.8 Å². The van der Waals surface area contributed by atoms with Crippen LogP contribution in [0, 0.1) is 5.51 Å². The molecule has 0 unspecified atom stereocenters. The van der Waals surface area contributed by atoms with Crippen LogP contribution >= 0.6 is 11.3 Å². The molecule has 1 heterocycles. The molecule has 12 heavy (non-hydrogen) atoms. The summed E-state index contributed by atoms with van der Waals surface area (Å²) in [4.78, 5) is 0. The summed E-state index contributed by atoms with van der Waals surface area (Å²) < 4.78 is 0. The van der Waals surface area contributed by atoms with Gasteiger partial charge in [-0.05, 0) is 6.42 Å². The maximum atomic E-state index is 3.95. The predicted molar refractivity (Wildman–Crippen MR) is 51.2 cm³/mol. The van der Waals surface area contributed by atoms with Gasteiger partial charge in [0.25, 0.3) is 0 Å². The average Bonchev–Trinajstić information content (AvgIpc) is 2.57. The molecule has 0 aliphatic heterocycles. The third-order valence-electron chi connectivity index (χ3n) is 1.86. The molecule has 1 rings (SSSR count). The second kappa shape index (κ2) is 6.12. The highest BCUT2D eigenvalue weighted by molar-refractivity contribution is 7.08. The van der Waals surface area contributed by atoms with Crippen LogP contribution in [0.3, 0.4) is 0 Å². The fourth-order valence-electron chi connectivity index (χ4n) is 1.15. The highest BCUT2D eigenvalue weighted by Crippen LogP contribution is 2.09. The van der Waals surface area contributed by atoms with Gasteiger partial charge in [0.05, 0.1) is 0 Å². The lowest BCUT2D eigenvalue weighted by molar-refractivity contribution is 0.630. The van der Waals surface area contributed by atoms with Crippen molar-refractivity contribution in [1.82, 2.24) is 10.2 Å². The van der Waals surface area contributed by atoms with Crippen molar-refractivity contribution in [2.75, 3.05) is 0 Å². The molecule has 0 atom stereocenters. The van der Waals surface area contributed by atoms with Crippen molar-refractivity contribution in [2.45, 2.75) is 45.4 Å². The Morgan fingerprint density at radius 2 is 2.08 bits per heavy atom. The molecule has 0 saturated heterocycles. The molecule has 1 aromatic rings. The van der Waals surface area contributed by atoms with Crippen LogP contribution in [0.2, 0.25) is 0 Å². The standard InChI is InChI=1S/C9H15N2S/c1-2-3-4-5-6-7-9-11-10-8-12-9/h2-7H2,1H3. The molecule has 1 radical (unpaired) electrons. The first-order chi connectivity index (χ1) is 5.93. The Morgan fingerprint density at radius 3 is 2.75 bits per heavy atom. The zero-order valence-corrected chi connectivity index (χ0v) is 8.36. The monoisotopic (exact) mass is 183 g/mol. The maximum absolute atomic E-state index is 3.95. The Labute approximate surface area is 78.0 Å². The molecule has 0 fully saturated rings. The van der Waals surface area contributed by atoms with E-state index < -0.39 is 0 Å². The zero-order valence-electron chi connectivity index (χ0n) is 7.55. The largest absolute Gasteiger partial charge is 0.178 e. The van der Waals surface area contributed by atoms with Crippen molar-refractivity contribution in [2.24, 2.45) is 0 Å². The molecule has 0 N–H and O–H groups in total. The van der Waals surface area contributed by atoms with Crippen molar-refractivity contribution >= 4 is 11.3 Å². The van der Waals surface area contributed by atoms with Gasteiger partial charge in [0, 0.05) is 6.42 Å². The number of rotatable bonds is 6. The molecule has 0 spiro atoms. The van der Waals surface area contributed by atoms with Gasteiger partial charge in [0.15, 0.2) is 5.51 Å². The lowest BCUT2D eigenvalue weighted by Gasteiger charge is -1.96. The summed E-state index contributed by atoms with van der Waals surface area (Å²) in [6.45, 7) is 2.24. The van der Waals surface area contributed by atoms with E-state index in [0.717, 1.165) is 11.4 Å². The van der Waals surface area contributed by atoms with Crippen LogP contribution in [0.25, 0.3) is 0 Å². The van der Waals surface area contributed by atoms with Gasteiger partial charge >= 0.3 is 0 Å². The van der Waals surface area contributed by atoms with Gasteiger partial charge in [-0.15, -0.1) is 10.2 Å². The first kappa shape index (κ1) is 9.65. The minimum atomic E-state index is 1.09. The van der Waals surface area contributed by atoms with E-state index in [1.54, 1.807) is 0 Å². The number of hydrogen-bond donors (Lipinski definition) is 0. The van der Waals surface area contributed by atoms with Crippen LogP contribution in [0.5, 0.6) is 0 Å². The highest BCUT2D eigenvalue weighted by Gasteiger charge is 1.96. The van der Waals surface area contributed by atoms with E-state index in [2.05, 4.69) is 22.6 Å². The molecule has 0 aliphatic carbocycles. The third-order valence-corrected chi connectivity index (χ3v) is 2.55. The minimum absolute atomic E-state index is 1.09. The predicted octanol–water partition coefficient (Wildman–Crippen LogP) is 2.85. The first-order valence-corrected chi connectivity index (χ1v) is 5.43. The van der Waals surface area contributed by atoms with E-state index in [-0.39, 0.29) is 0 Å². The zero-order chi connectivity index (χ0) is 8.65. The number of aryl methyl sites for hydroxylation is 1. The van der Waals surface area contributed by atoms with Crippen molar-refractivity contribution in [3.05, 3.63) is 10.5 Å². The number of aromatic nitrogens is 2. The Balaban J connectivity index is 1.96. The van der Waals surface area contributed by atoms with Crippen LogP contribution in [0.1, 0.15) is 44.0 Å². The van der Waals surface area contributed by atoms with Gasteiger partial charge in [-0.1, -0.05) is 43.9 Å². The Bertz CT molecular complexity index is 184. The molecule has 67 valence electrons. The van der Waals surface area contributed by atoms with E-state index in [1.165, 1.54) is 43.4 Å². The van der Waals surface area contributed by atoms with E-state index in [0.29, 0.717) is 0 Å². The normalized spacial score (nSPS) is 10.4. The van der Waals surface area contributed by atoms with Gasteiger partial charge in [-0.3, -0.25) is 0 Å². The molecule has 1 aromatic heterocycles. The van der Waals surface area contributed by atoms with Crippen molar-refractivity contribution in [3.8, 4) is 0 Å². The van der Waals surface area contributed by atoms with Gasteiger partial charge in [0.1, 0.15) is 5.01 Å². The van der Waals surface area contributed by atoms with Gasteiger partial charge in [0.2, 0.25) is 0 Å². The van der Waals surface area contributed by atoms with Crippen LogP contribution < -0.4 is 0 Å². The SMILES string of the molecule is CCCCCCCc1nn[c]s1. The summed E-state index contributed by atoms with van der Waals surface area (Å²) >= 11 is 1.54. The minimum Gasteiger partial charge on any atom is -0.143 e. The number of nitrogens with zero attached hydrogens (tertiary/aromatic N) is 2. The number of unbranched alkanes of at least 4 members (excludes halogenated alkanes) is 4. The second-order valence-corrected chi connectivity index (χ2v) is 3.81. The summed E-state index contributed by atoms with van der Waals surface area (Å²) in [5.74, 6) is 0. The van der Waals surface area contributed by atoms with E-state index in [4.69, 9.17) is 0 Å². The van der Waals surface area contributed by atoms with Crippen LogP contribution in [0.15, 0.2) is 0 Å². The lowest BCUT2D eigenvalue weighted by Crippen LogP contribution is -1.84. The van der Waals surface area contributed by atoms with E-state index in [9.17, 15) is 0 Å². The molecule has 2 nitrogen and oxygen atoms in total. The van der Waals surface area contributed by atoms with Crippen molar-refractivity contribution < 1.29 is 0 Å². The van der Waals surface area contributed by atoms with Gasteiger partial charge < -0.3 is 0 Å². The second-order valence-electron chi connectivity index (χ2n) is 2.95. The summed E-state index contributed by atoms with van der Waals surface area (Å²) in [5.41, 5.74) is 2.76. The van der Waals surface area contributed by atoms with Gasteiger partial charge in [-0.25, -0.2) is 0 Å². The summed E-state index contributed by atoms with van der Waals surface area (Å²) in [5, 5.41) is 8.76. The molecule has 0 aromatic carbocycles. The Morgan fingerprint density at radius 1 is 1.25 bits per heavy atom. The quantitative estimate of drug-likeness (QED) is 0.634. The summed E-state index contributed by atoms with van der Waals surface area (Å²) in [7, 11) is 0. The number of hydrogen-bond acceptors (Lipinski definition) is 3. The third kappa shape index (κ3) is 3.81. The molecular formula is C9H15N2S. The summed E-state index contributed by atoms with van der Waals surface area (Å²) in [6, 6.07) is 0. The summed E-state index contributed by atoms with van der Waals surface area (Å²) in [6.07, 6.45) is 7.70. The molecular weight excluding hydrogens is 168 g/mol. The van der Waals surface area contributed by atoms with Gasteiger partial charge in [-0.2, -0.15) is 0 Å². The molecule has 0 bridgehead atoms. The van der Waals surface area contributed by atoms with E-state index >= 15 is 0 Å². The van der Waals surface area contributed by atoms with Crippen LogP contribution in [-0.2, 0) is 6.42 Å². The Hall–Kier alpha value is -0.440. The molecule has 3 heteroatoms. The fourth-order valence-corrected chi connectivity index (χ4v) is 1.67. The first-order valence-electron chi connectivity index (χ1n) is 4.62. The van der Waals surface area contributed by atoms with Crippen molar-refractivity contribution in [1.29, 1.82) is 0 Å².